The van der Waals surface area contributed by atoms with Crippen molar-refractivity contribution in [3.05, 3.63) is 41.2 Å². The lowest BCUT2D eigenvalue weighted by Crippen LogP contribution is -2.17. The van der Waals surface area contributed by atoms with Gasteiger partial charge in [-0.3, -0.25) is 9.78 Å². The van der Waals surface area contributed by atoms with Crippen molar-refractivity contribution in [3.63, 3.8) is 0 Å². The lowest BCUT2D eigenvalue weighted by molar-refractivity contribution is 0.101. The molecule has 0 radical (unpaired) electrons. The molecule has 0 atom stereocenters. The summed E-state index contributed by atoms with van der Waals surface area (Å²) in [5.41, 5.74) is 1.51. The number of Topliss-reactive ketones (excluding diaryl/α,β-unsaturated/α-hetero) is 1. The molecular weight excluding hydrogens is 234 g/mol. The lowest BCUT2D eigenvalue weighted by atomic mass is 10.3. The van der Waals surface area contributed by atoms with Gasteiger partial charge in [0.15, 0.2) is 10.9 Å². The summed E-state index contributed by atoms with van der Waals surface area (Å²) in [6.45, 7) is 2.21. The van der Waals surface area contributed by atoms with Crippen molar-refractivity contribution in [2.24, 2.45) is 0 Å². The predicted molar refractivity (Wildman–Crippen MR) is 68.5 cm³/mol. The van der Waals surface area contributed by atoms with Crippen molar-refractivity contribution in [1.82, 2.24) is 9.97 Å². The van der Waals surface area contributed by atoms with Crippen molar-refractivity contribution in [2.75, 3.05) is 11.9 Å². The number of hydrogen-bond donors (Lipinski definition) is 0. The summed E-state index contributed by atoms with van der Waals surface area (Å²) >= 11 is 1.47. The van der Waals surface area contributed by atoms with E-state index in [1.54, 1.807) is 11.6 Å². The molecule has 0 unspecified atom stereocenters. The highest BCUT2D eigenvalue weighted by Gasteiger charge is 2.10. The zero-order valence-electron chi connectivity index (χ0n) is 9.75. The van der Waals surface area contributed by atoms with Gasteiger partial charge in [0.25, 0.3) is 0 Å². The van der Waals surface area contributed by atoms with Crippen LogP contribution in [0, 0.1) is 0 Å². The number of carbonyl (C=O) groups excluding carboxylic acids is 1. The molecule has 0 spiro atoms. The Morgan fingerprint density at radius 2 is 2.29 bits per heavy atom. The van der Waals surface area contributed by atoms with Crippen LogP contribution in [-0.2, 0) is 6.54 Å². The van der Waals surface area contributed by atoms with E-state index in [9.17, 15) is 4.79 Å². The van der Waals surface area contributed by atoms with E-state index in [1.807, 2.05) is 30.1 Å². The summed E-state index contributed by atoms with van der Waals surface area (Å²) in [6, 6.07) is 5.82. The minimum Gasteiger partial charge on any atom is -0.345 e. The van der Waals surface area contributed by atoms with E-state index < -0.39 is 0 Å². The molecule has 17 heavy (non-hydrogen) atoms. The van der Waals surface area contributed by atoms with Gasteiger partial charge in [0.05, 0.1) is 12.2 Å². The molecule has 0 amide bonds. The third kappa shape index (κ3) is 2.88. The number of pyridine rings is 1. The van der Waals surface area contributed by atoms with Gasteiger partial charge in [-0.2, -0.15) is 0 Å². The Hall–Kier alpha value is -1.75. The van der Waals surface area contributed by atoms with E-state index in [2.05, 4.69) is 9.97 Å². The highest BCUT2D eigenvalue weighted by Crippen LogP contribution is 2.20. The van der Waals surface area contributed by atoms with Crippen LogP contribution < -0.4 is 4.90 Å². The van der Waals surface area contributed by atoms with E-state index in [-0.39, 0.29) is 5.78 Å². The Labute approximate surface area is 104 Å². The van der Waals surface area contributed by atoms with Crippen LogP contribution in [0.3, 0.4) is 0 Å². The number of rotatable bonds is 4. The molecule has 2 heterocycles. The number of carbonyl (C=O) groups is 1. The van der Waals surface area contributed by atoms with Crippen molar-refractivity contribution < 1.29 is 4.79 Å². The quantitative estimate of drug-likeness (QED) is 0.778. The summed E-state index contributed by atoms with van der Waals surface area (Å²) in [5.74, 6) is -0.00117. The zero-order chi connectivity index (χ0) is 12.3. The van der Waals surface area contributed by atoms with Crippen LogP contribution in [0.5, 0.6) is 0 Å². The molecule has 0 saturated carbocycles. The van der Waals surface area contributed by atoms with Gasteiger partial charge < -0.3 is 4.90 Å². The molecule has 0 aliphatic heterocycles. The zero-order valence-corrected chi connectivity index (χ0v) is 10.6. The van der Waals surface area contributed by atoms with Crippen LogP contribution in [0.2, 0.25) is 0 Å². The van der Waals surface area contributed by atoms with Crippen molar-refractivity contribution in [3.8, 4) is 0 Å². The van der Waals surface area contributed by atoms with Gasteiger partial charge in [0, 0.05) is 25.5 Å². The fourth-order valence-corrected chi connectivity index (χ4v) is 2.23. The number of hydrogen-bond acceptors (Lipinski definition) is 5. The summed E-state index contributed by atoms with van der Waals surface area (Å²) < 4.78 is 0. The molecule has 0 aliphatic rings. The molecule has 0 aromatic carbocycles. The van der Waals surface area contributed by atoms with E-state index in [1.165, 1.54) is 18.3 Å². The minimum absolute atomic E-state index is 0.00117. The highest BCUT2D eigenvalue weighted by molar-refractivity contribution is 7.13. The maximum Gasteiger partial charge on any atom is 0.186 e. The first kappa shape index (κ1) is 11.7. The lowest BCUT2D eigenvalue weighted by Gasteiger charge is -2.14. The maximum atomic E-state index is 11.2. The number of nitrogens with zero attached hydrogens (tertiary/aromatic N) is 3. The Morgan fingerprint density at radius 3 is 2.88 bits per heavy atom. The monoisotopic (exact) mass is 247 g/mol. The third-order valence-electron chi connectivity index (χ3n) is 2.30. The topological polar surface area (TPSA) is 46.1 Å². The Morgan fingerprint density at radius 1 is 1.47 bits per heavy atom. The van der Waals surface area contributed by atoms with Crippen molar-refractivity contribution in [2.45, 2.75) is 13.5 Å². The second-order valence-electron chi connectivity index (χ2n) is 3.75. The second kappa shape index (κ2) is 5.05. The van der Waals surface area contributed by atoms with Crippen molar-refractivity contribution >= 4 is 22.3 Å². The first-order valence-electron chi connectivity index (χ1n) is 5.24. The van der Waals surface area contributed by atoms with E-state index in [0.29, 0.717) is 12.2 Å². The van der Waals surface area contributed by atoms with E-state index in [4.69, 9.17) is 0 Å². The number of anilines is 1. The van der Waals surface area contributed by atoms with Gasteiger partial charge in [0.1, 0.15) is 5.69 Å². The number of thiazole rings is 1. The Balaban J connectivity index is 2.09. The smallest absolute Gasteiger partial charge is 0.186 e. The Kier molecular flexibility index (Phi) is 3.49. The summed E-state index contributed by atoms with van der Waals surface area (Å²) in [7, 11) is 1.94. The molecule has 88 valence electrons. The van der Waals surface area contributed by atoms with Gasteiger partial charge in [0.2, 0.25) is 0 Å². The van der Waals surface area contributed by atoms with Crippen LogP contribution in [0.25, 0.3) is 0 Å². The highest BCUT2D eigenvalue weighted by atomic mass is 32.1. The van der Waals surface area contributed by atoms with Gasteiger partial charge in [-0.25, -0.2) is 4.98 Å². The fourth-order valence-electron chi connectivity index (χ4n) is 1.40. The average molecular weight is 247 g/mol. The molecule has 0 fully saturated rings. The maximum absolute atomic E-state index is 11.2. The molecule has 0 bridgehead atoms. The first-order chi connectivity index (χ1) is 8.16. The summed E-state index contributed by atoms with van der Waals surface area (Å²) in [4.78, 5) is 21.7. The molecular formula is C12H13N3OS. The van der Waals surface area contributed by atoms with E-state index in [0.717, 1.165) is 10.8 Å². The molecule has 4 nitrogen and oxygen atoms in total. The van der Waals surface area contributed by atoms with Gasteiger partial charge in [-0.1, -0.05) is 6.07 Å². The average Bonchev–Trinajstić information content (AvgIpc) is 2.79. The molecule has 0 aliphatic carbocycles. The Bertz CT molecular complexity index is 509. The van der Waals surface area contributed by atoms with Crippen molar-refractivity contribution in [1.29, 1.82) is 0 Å². The SMILES string of the molecule is CC(=O)c1csc(N(C)Cc2ccccn2)n1. The van der Waals surface area contributed by atoms with Crippen LogP contribution >= 0.6 is 11.3 Å². The summed E-state index contributed by atoms with van der Waals surface area (Å²) in [5, 5.41) is 2.62. The first-order valence-corrected chi connectivity index (χ1v) is 6.12. The second-order valence-corrected chi connectivity index (χ2v) is 4.59. The third-order valence-corrected chi connectivity index (χ3v) is 3.26. The van der Waals surface area contributed by atoms with Gasteiger partial charge in [-0.05, 0) is 12.1 Å². The predicted octanol–water partition coefficient (Wildman–Crippen LogP) is 2.38. The molecule has 2 aromatic rings. The number of aromatic nitrogens is 2. The molecule has 2 rings (SSSR count). The normalized spacial score (nSPS) is 10.2. The van der Waals surface area contributed by atoms with Gasteiger partial charge >= 0.3 is 0 Å². The van der Waals surface area contributed by atoms with Crippen LogP contribution in [-0.4, -0.2) is 22.8 Å². The number of ketones is 1. The van der Waals surface area contributed by atoms with Crippen LogP contribution in [0.15, 0.2) is 29.8 Å². The fraction of sp³-hybridized carbons (Fsp3) is 0.250. The largest absolute Gasteiger partial charge is 0.345 e. The molecule has 5 heteroatoms. The van der Waals surface area contributed by atoms with Gasteiger partial charge in [-0.15, -0.1) is 11.3 Å². The molecule has 0 saturated heterocycles. The molecule has 2 aromatic heterocycles. The standard InChI is InChI=1S/C12H13N3OS/c1-9(16)11-8-17-12(14-11)15(2)7-10-5-3-4-6-13-10/h3-6,8H,7H2,1-2H3. The van der Waals surface area contributed by atoms with E-state index >= 15 is 0 Å². The minimum atomic E-state index is -0.00117. The van der Waals surface area contributed by atoms with Crippen LogP contribution in [0.4, 0.5) is 5.13 Å². The van der Waals surface area contributed by atoms with Crippen LogP contribution in [0.1, 0.15) is 23.1 Å². The summed E-state index contributed by atoms with van der Waals surface area (Å²) in [6.07, 6.45) is 1.77. The molecule has 0 N–H and O–H groups in total.